The number of nitrogens with zero attached hydrogens (tertiary/aromatic N) is 2. The topological polar surface area (TPSA) is 17.8 Å². The van der Waals surface area contributed by atoms with Gasteiger partial charge in [-0.1, -0.05) is 6.92 Å². The van der Waals surface area contributed by atoms with Crippen LogP contribution in [0.25, 0.3) is 0 Å². The molecule has 0 spiro atoms. The lowest BCUT2D eigenvalue weighted by Gasteiger charge is -2.05. The lowest BCUT2D eigenvalue weighted by molar-refractivity contribution is 0.635. The van der Waals surface area contributed by atoms with Crippen LogP contribution in [0.2, 0.25) is 0 Å². The molecule has 74 valence electrons. The maximum Gasteiger partial charge on any atom is 0.0492 e. The summed E-state index contributed by atoms with van der Waals surface area (Å²) in [4.78, 5) is 0. The molecule has 0 saturated carbocycles. The molecule has 1 atom stereocenters. The van der Waals surface area contributed by atoms with Crippen molar-refractivity contribution in [3.8, 4) is 0 Å². The molecule has 0 aliphatic rings. The van der Waals surface area contributed by atoms with E-state index in [1.54, 1.807) is 0 Å². The van der Waals surface area contributed by atoms with Crippen molar-refractivity contribution in [1.29, 1.82) is 0 Å². The molecule has 0 aliphatic heterocycles. The SMILES string of the molecule is CCC(Cl)CCCc1ccnn1C. The van der Waals surface area contributed by atoms with Gasteiger partial charge in [-0.25, -0.2) is 0 Å². The first-order chi connectivity index (χ1) is 6.24. The Balaban J connectivity index is 2.24. The molecular formula is C10H17ClN2. The molecule has 1 unspecified atom stereocenters. The van der Waals surface area contributed by atoms with Gasteiger partial charge in [0.2, 0.25) is 0 Å². The van der Waals surface area contributed by atoms with Crippen LogP contribution < -0.4 is 0 Å². The van der Waals surface area contributed by atoms with E-state index in [-0.39, 0.29) is 0 Å². The van der Waals surface area contributed by atoms with Crippen molar-refractivity contribution in [3.63, 3.8) is 0 Å². The molecule has 0 N–H and O–H groups in total. The number of hydrogen-bond acceptors (Lipinski definition) is 1. The van der Waals surface area contributed by atoms with Crippen molar-refractivity contribution < 1.29 is 0 Å². The summed E-state index contributed by atoms with van der Waals surface area (Å²) < 4.78 is 1.93. The van der Waals surface area contributed by atoms with Gasteiger partial charge in [0.1, 0.15) is 0 Å². The van der Waals surface area contributed by atoms with E-state index >= 15 is 0 Å². The Bertz CT molecular complexity index is 245. The smallest absolute Gasteiger partial charge is 0.0492 e. The second-order valence-corrected chi connectivity index (χ2v) is 3.96. The molecule has 13 heavy (non-hydrogen) atoms. The molecule has 1 heterocycles. The van der Waals surface area contributed by atoms with Crippen molar-refractivity contribution in [2.24, 2.45) is 7.05 Å². The fraction of sp³-hybridized carbons (Fsp3) is 0.700. The molecule has 0 fully saturated rings. The number of alkyl halides is 1. The molecule has 0 bridgehead atoms. The maximum atomic E-state index is 6.02. The van der Waals surface area contributed by atoms with Crippen LogP contribution in [0.4, 0.5) is 0 Å². The van der Waals surface area contributed by atoms with Gasteiger partial charge in [0.05, 0.1) is 0 Å². The number of aryl methyl sites for hydroxylation is 2. The first kappa shape index (κ1) is 10.6. The highest BCUT2D eigenvalue weighted by molar-refractivity contribution is 6.20. The Hall–Kier alpha value is -0.500. The lowest BCUT2D eigenvalue weighted by atomic mass is 10.1. The van der Waals surface area contributed by atoms with Crippen LogP contribution in [-0.4, -0.2) is 15.2 Å². The Kier molecular flexibility index (Phi) is 4.29. The summed E-state index contributed by atoms with van der Waals surface area (Å²) in [5.41, 5.74) is 1.29. The van der Waals surface area contributed by atoms with Gasteiger partial charge in [0, 0.05) is 24.3 Å². The Morgan fingerprint density at radius 3 is 2.92 bits per heavy atom. The van der Waals surface area contributed by atoms with Crippen LogP contribution in [0, 0.1) is 0 Å². The molecule has 0 amide bonds. The summed E-state index contributed by atoms with van der Waals surface area (Å²) in [6.07, 6.45) is 6.24. The van der Waals surface area contributed by atoms with Crippen molar-refractivity contribution >= 4 is 11.6 Å². The van der Waals surface area contributed by atoms with Crippen LogP contribution in [0.5, 0.6) is 0 Å². The van der Waals surface area contributed by atoms with Gasteiger partial charge in [-0.15, -0.1) is 11.6 Å². The summed E-state index contributed by atoms with van der Waals surface area (Å²) in [5, 5.41) is 4.46. The van der Waals surface area contributed by atoms with E-state index in [9.17, 15) is 0 Å². The predicted octanol–water partition coefficient (Wildman–Crippen LogP) is 2.76. The summed E-state index contributed by atoms with van der Waals surface area (Å²) >= 11 is 6.02. The zero-order chi connectivity index (χ0) is 9.68. The lowest BCUT2D eigenvalue weighted by Crippen LogP contribution is -2.01. The van der Waals surface area contributed by atoms with E-state index in [2.05, 4.69) is 18.1 Å². The maximum absolute atomic E-state index is 6.02. The minimum Gasteiger partial charge on any atom is -0.273 e. The first-order valence-corrected chi connectivity index (χ1v) is 5.28. The molecule has 1 aromatic rings. The molecule has 0 aromatic carbocycles. The number of rotatable bonds is 5. The third-order valence-corrected chi connectivity index (χ3v) is 2.84. The highest BCUT2D eigenvalue weighted by Crippen LogP contribution is 2.11. The highest BCUT2D eigenvalue weighted by Gasteiger charge is 2.02. The largest absolute Gasteiger partial charge is 0.273 e. The Labute approximate surface area is 84.9 Å². The Morgan fingerprint density at radius 1 is 1.62 bits per heavy atom. The Morgan fingerprint density at radius 2 is 2.38 bits per heavy atom. The number of hydrogen-bond donors (Lipinski definition) is 0. The van der Waals surface area contributed by atoms with Crippen LogP contribution in [0.1, 0.15) is 31.9 Å². The second kappa shape index (κ2) is 5.28. The highest BCUT2D eigenvalue weighted by atomic mass is 35.5. The van der Waals surface area contributed by atoms with Gasteiger partial charge >= 0.3 is 0 Å². The molecule has 3 heteroatoms. The summed E-state index contributed by atoms with van der Waals surface area (Å²) in [5.74, 6) is 0. The summed E-state index contributed by atoms with van der Waals surface area (Å²) in [6.45, 7) is 2.13. The molecule has 0 saturated heterocycles. The van der Waals surface area contributed by atoms with Gasteiger partial charge in [0.15, 0.2) is 0 Å². The van der Waals surface area contributed by atoms with Crippen LogP contribution in [0.3, 0.4) is 0 Å². The van der Waals surface area contributed by atoms with Gasteiger partial charge in [-0.2, -0.15) is 5.10 Å². The predicted molar refractivity (Wildman–Crippen MR) is 56.1 cm³/mol. The van der Waals surface area contributed by atoms with Crippen LogP contribution in [0.15, 0.2) is 12.3 Å². The minimum atomic E-state index is 0.341. The molecule has 2 nitrogen and oxygen atoms in total. The summed E-state index contributed by atoms with van der Waals surface area (Å²) in [6, 6.07) is 2.06. The zero-order valence-electron chi connectivity index (χ0n) is 8.33. The van der Waals surface area contributed by atoms with E-state index in [0.29, 0.717) is 5.38 Å². The first-order valence-electron chi connectivity index (χ1n) is 4.85. The standard InChI is InChI=1S/C10H17ClN2/c1-3-9(11)5-4-6-10-7-8-12-13(10)2/h7-9H,3-6H2,1-2H3. The van der Waals surface area contributed by atoms with Crippen molar-refractivity contribution in [2.75, 3.05) is 0 Å². The number of aromatic nitrogens is 2. The normalized spacial score (nSPS) is 13.2. The van der Waals surface area contributed by atoms with E-state index in [4.69, 9.17) is 11.6 Å². The average molecular weight is 201 g/mol. The van der Waals surface area contributed by atoms with Gasteiger partial charge in [-0.3, -0.25) is 4.68 Å². The van der Waals surface area contributed by atoms with Gasteiger partial charge in [-0.05, 0) is 31.7 Å². The molecule has 1 aromatic heterocycles. The third kappa shape index (κ3) is 3.39. The molecule has 1 rings (SSSR count). The molecule has 0 aliphatic carbocycles. The summed E-state index contributed by atoms with van der Waals surface area (Å²) in [7, 11) is 1.98. The average Bonchev–Trinajstić information content (AvgIpc) is 2.52. The number of halogens is 1. The van der Waals surface area contributed by atoms with E-state index in [1.807, 2.05) is 17.9 Å². The third-order valence-electron chi connectivity index (χ3n) is 2.32. The fourth-order valence-electron chi connectivity index (χ4n) is 1.36. The molecule has 0 radical (unpaired) electrons. The van der Waals surface area contributed by atoms with Crippen LogP contribution in [-0.2, 0) is 13.5 Å². The zero-order valence-corrected chi connectivity index (χ0v) is 9.09. The van der Waals surface area contributed by atoms with Crippen molar-refractivity contribution in [1.82, 2.24) is 9.78 Å². The molecular weight excluding hydrogens is 184 g/mol. The van der Waals surface area contributed by atoms with Crippen LogP contribution >= 0.6 is 11.6 Å². The fourth-order valence-corrected chi connectivity index (χ4v) is 1.51. The monoisotopic (exact) mass is 200 g/mol. The van der Waals surface area contributed by atoms with Gasteiger partial charge in [0.25, 0.3) is 0 Å². The van der Waals surface area contributed by atoms with E-state index < -0.39 is 0 Å². The van der Waals surface area contributed by atoms with Crippen molar-refractivity contribution in [2.45, 2.75) is 38.0 Å². The van der Waals surface area contributed by atoms with Crippen molar-refractivity contribution in [3.05, 3.63) is 18.0 Å². The minimum absolute atomic E-state index is 0.341. The second-order valence-electron chi connectivity index (χ2n) is 3.34. The van der Waals surface area contributed by atoms with Gasteiger partial charge < -0.3 is 0 Å². The van der Waals surface area contributed by atoms with E-state index in [0.717, 1.165) is 25.7 Å². The quantitative estimate of drug-likeness (QED) is 0.669. The van der Waals surface area contributed by atoms with E-state index in [1.165, 1.54) is 5.69 Å².